The van der Waals surface area contributed by atoms with E-state index < -0.39 is 11.6 Å². The van der Waals surface area contributed by atoms with Crippen molar-refractivity contribution in [2.75, 3.05) is 19.6 Å². The van der Waals surface area contributed by atoms with Crippen LogP contribution < -0.4 is 0 Å². The van der Waals surface area contributed by atoms with E-state index in [2.05, 4.69) is 10.00 Å². The predicted molar refractivity (Wildman–Crippen MR) is 111 cm³/mol. The molecule has 0 spiro atoms. The molecule has 0 unspecified atom stereocenters. The maximum atomic E-state index is 13.7. The molecule has 5 nitrogen and oxygen atoms in total. The van der Waals surface area contributed by atoms with Crippen molar-refractivity contribution in [3.63, 3.8) is 0 Å². The second-order valence-corrected chi connectivity index (χ2v) is 8.74. The molecule has 2 aliphatic rings. The molecule has 1 aromatic heterocycles. The first kappa shape index (κ1) is 21.0. The third-order valence-electron chi connectivity index (χ3n) is 6.51. The lowest BCUT2D eigenvalue weighted by atomic mass is 9.98. The van der Waals surface area contributed by atoms with Crippen LogP contribution in [0.4, 0.5) is 8.78 Å². The Labute approximate surface area is 176 Å². The van der Waals surface area contributed by atoms with Gasteiger partial charge in [0.1, 0.15) is 0 Å². The molecular weight excluding hydrogens is 386 g/mol. The number of amides is 1. The molecule has 0 aliphatic carbocycles. The standard InChI is InChI=1S/C23H30F2N4O/c1-16-11-17(2)29(26-16)10-8-23(30)28-14-19-5-3-4-9-27(22(19)15-28)13-18-6-7-20(24)21(25)12-18/h6-7,11-12,19,22H,3-5,8-10,13-15H2,1-2H3/t19-,22+/m0/s1. The summed E-state index contributed by atoms with van der Waals surface area (Å²) in [5, 5.41) is 4.45. The highest BCUT2D eigenvalue weighted by Crippen LogP contribution is 2.31. The molecule has 1 amide bonds. The van der Waals surface area contributed by atoms with Gasteiger partial charge in [0.2, 0.25) is 5.91 Å². The minimum atomic E-state index is -0.812. The van der Waals surface area contributed by atoms with Gasteiger partial charge in [-0.25, -0.2) is 8.78 Å². The molecule has 162 valence electrons. The van der Waals surface area contributed by atoms with Crippen molar-refractivity contribution in [2.45, 2.75) is 58.7 Å². The van der Waals surface area contributed by atoms with Crippen LogP contribution in [0.1, 0.15) is 42.6 Å². The normalized spacial score (nSPS) is 22.2. The SMILES string of the molecule is Cc1cc(C)n(CCC(=O)N2C[C@@H]3CCCCN(Cc4ccc(F)c(F)c4)[C@@H]3C2)n1. The number of hydrogen-bond donors (Lipinski definition) is 0. The smallest absolute Gasteiger partial charge is 0.224 e. The molecule has 2 atom stereocenters. The number of nitrogens with zero attached hydrogens (tertiary/aromatic N) is 4. The molecule has 0 radical (unpaired) electrons. The first-order valence-corrected chi connectivity index (χ1v) is 10.9. The van der Waals surface area contributed by atoms with Gasteiger partial charge in [-0.3, -0.25) is 14.4 Å². The van der Waals surface area contributed by atoms with Gasteiger partial charge in [0.05, 0.1) is 5.69 Å². The van der Waals surface area contributed by atoms with E-state index in [0.717, 1.165) is 49.3 Å². The number of fused-ring (bicyclic) bond motifs is 1. The minimum absolute atomic E-state index is 0.170. The quantitative estimate of drug-likeness (QED) is 0.747. The van der Waals surface area contributed by atoms with Gasteiger partial charge in [-0.05, 0) is 62.9 Å². The van der Waals surface area contributed by atoms with Gasteiger partial charge in [0.15, 0.2) is 11.6 Å². The topological polar surface area (TPSA) is 41.4 Å². The van der Waals surface area contributed by atoms with Crippen LogP contribution in [-0.4, -0.2) is 51.2 Å². The van der Waals surface area contributed by atoms with Crippen molar-refractivity contribution in [2.24, 2.45) is 5.92 Å². The van der Waals surface area contributed by atoms with Crippen molar-refractivity contribution >= 4 is 5.91 Å². The van der Waals surface area contributed by atoms with Gasteiger partial charge in [-0.2, -0.15) is 5.10 Å². The zero-order valence-electron chi connectivity index (χ0n) is 17.8. The van der Waals surface area contributed by atoms with Crippen LogP contribution in [0.15, 0.2) is 24.3 Å². The fourth-order valence-electron chi connectivity index (χ4n) is 4.97. The van der Waals surface area contributed by atoms with E-state index in [1.54, 1.807) is 6.07 Å². The van der Waals surface area contributed by atoms with Gasteiger partial charge in [0, 0.05) is 44.3 Å². The van der Waals surface area contributed by atoms with Gasteiger partial charge in [0.25, 0.3) is 0 Å². The van der Waals surface area contributed by atoms with E-state index in [0.29, 0.717) is 32.0 Å². The number of rotatable bonds is 5. The Morgan fingerprint density at radius 3 is 2.70 bits per heavy atom. The summed E-state index contributed by atoms with van der Waals surface area (Å²) in [6, 6.07) is 6.45. The summed E-state index contributed by atoms with van der Waals surface area (Å²) >= 11 is 0. The Morgan fingerprint density at radius 1 is 1.13 bits per heavy atom. The molecule has 4 rings (SSSR count). The Balaban J connectivity index is 1.40. The van der Waals surface area contributed by atoms with E-state index in [1.165, 1.54) is 12.1 Å². The molecule has 1 aromatic carbocycles. The highest BCUT2D eigenvalue weighted by molar-refractivity contribution is 5.76. The molecule has 0 saturated carbocycles. The van der Waals surface area contributed by atoms with Gasteiger partial charge in [-0.1, -0.05) is 12.5 Å². The van der Waals surface area contributed by atoms with Crippen LogP contribution >= 0.6 is 0 Å². The van der Waals surface area contributed by atoms with E-state index in [1.807, 2.05) is 29.5 Å². The summed E-state index contributed by atoms with van der Waals surface area (Å²) < 4.78 is 28.8. The third-order valence-corrected chi connectivity index (χ3v) is 6.51. The molecule has 30 heavy (non-hydrogen) atoms. The van der Waals surface area contributed by atoms with Crippen molar-refractivity contribution in [3.05, 3.63) is 52.9 Å². The fourth-order valence-corrected chi connectivity index (χ4v) is 4.97. The van der Waals surface area contributed by atoms with Crippen LogP contribution in [0.25, 0.3) is 0 Å². The highest BCUT2D eigenvalue weighted by atomic mass is 19.2. The van der Waals surface area contributed by atoms with Gasteiger partial charge >= 0.3 is 0 Å². The molecular formula is C23H30F2N4O. The number of likely N-dealkylation sites (tertiary alicyclic amines) is 2. The number of halogens is 2. The summed E-state index contributed by atoms with van der Waals surface area (Å²) in [6.07, 6.45) is 3.80. The van der Waals surface area contributed by atoms with E-state index in [-0.39, 0.29) is 11.9 Å². The van der Waals surface area contributed by atoms with E-state index in [9.17, 15) is 13.6 Å². The second kappa shape index (κ2) is 8.84. The van der Waals surface area contributed by atoms with E-state index >= 15 is 0 Å². The number of carbonyl (C=O) groups is 1. The summed E-state index contributed by atoms with van der Waals surface area (Å²) in [7, 11) is 0. The highest BCUT2D eigenvalue weighted by Gasteiger charge is 2.39. The number of benzene rings is 1. The van der Waals surface area contributed by atoms with Crippen molar-refractivity contribution in [1.82, 2.24) is 19.6 Å². The first-order valence-electron chi connectivity index (χ1n) is 10.9. The van der Waals surface area contributed by atoms with Crippen LogP contribution in [0.5, 0.6) is 0 Å². The van der Waals surface area contributed by atoms with Crippen LogP contribution in [0.2, 0.25) is 0 Å². The Hall–Kier alpha value is -2.28. The lowest BCUT2D eigenvalue weighted by Crippen LogP contribution is -2.40. The summed E-state index contributed by atoms with van der Waals surface area (Å²) in [5.41, 5.74) is 2.82. The van der Waals surface area contributed by atoms with Crippen molar-refractivity contribution < 1.29 is 13.6 Å². The molecule has 3 heterocycles. The van der Waals surface area contributed by atoms with Gasteiger partial charge in [-0.15, -0.1) is 0 Å². The molecule has 7 heteroatoms. The second-order valence-electron chi connectivity index (χ2n) is 8.74. The third kappa shape index (κ3) is 4.56. The van der Waals surface area contributed by atoms with Gasteiger partial charge < -0.3 is 4.90 Å². The average molecular weight is 417 g/mol. The summed E-state index contributed by atoms with van der Waals surface area (Å²) in [6.45, 7) is 7.58. The molecule has 2 aliphatic heterocycles. The van der Waals surface area contributed by atoms with Crippen LogP contribution in [-0.2, 0) is 17.9 Å². The molecule has 2 saturated heterocycles. The Kier molecular flexibility index (Phi) is 6.18. The first-order chi connectivity index (χ1) is 14.4. The lowest BCUT2D eigenvalue weighted by Gasteiger charge is -2.30. The van der Waals surface area contributed by atoms with E-state index in [4.69, 9.17) is 0 Å². The maximum Gasteiger partial charge on any atom is 0.224 e. The predicted octanol–water partition coefficient (Wildman–Crippen LogP) is 3.68. The lowest BCUT2D eigenvalue weighted by molar-refractivity contribution is -0.130. The molecule has 0 N–H and O–H groups in total. The Bertz CT molecular complexity index is 913. The van der Waals surface area contributed by atoms with Crippen LogP contribution in [0.3, 0.4) is 0 Å². The fraction of sp³-hybridized carbons (Fsp3) is 0.565. The maximum absolute atomic E-state index is 13.7. The average Bonchev–Trinajstić information content (AvgIpc) is 3.22. The molecule has 2 fully saturated rings. The number of aromatic nitrogens is 2. The number of hydrogen-bond acceptors (Lipinski definition) is 3. The van der Waals surface area contributed by atoms with Crippen molar-refractivity contribution in [1.29, 1.82) is 0 Å². The largest absolute Gasteiger partial charge is 0.341 e. The Morgan fingerprint density at radius 2 is 1.97 bits per heavy atom. The zero-order valence-corrected chi connectivity index (χ0v) is 17.8. The summed E-state index contributed by atoms with van der Waals surface area (Å²) in [5.74, 6) is -1.00. The monoisotopic (exact) mass is 416 g/mol. The zero-order chi connectivity index (χ0) is 21.3. The molecule has 2 aromatic rings. The molecule has 0 bridgehead atoms. The minimum Gasteiger partial charge on any atom is -0.341 e. The van der Waals surface area contributed by atoms with Crippen LogP contribution in [0, 0.1) is 31.4 Å². The summed E-state index contributed by atoms with van der Waals surface area (Å²) in [4.78, 5) is 17.2. The van der Waals surface area contributed by atoms with Crippen molar-refractivity contribution in [3.8, 4) is 0 Å². The number of aryl methyl sites for hydroxylation is 3. The number of carbonyl (C=O) groups excluding carboxylic acids is 1.